The molecule has 21 heavy (non-hydrogen) atoms. The highest BCUT2D eigenvalue weighted by Crippen LogP contribution is 2.24. The van der Waals surface area contributed by atoms with Gasteiger partial charge in [0.25, 0.3) is 0 Å². The highest BCUT2D eigenvalue weighted by Gasteiger charge is 2.20. The molecule has 0 saturated carbocycles. The number of hydrogen-bond acceptors (Lipinski definition) is 3. The van der Waals surface area contributed by atoms with Gasteiger partial charge in [-0.1, -0.05) is 17.7 Å². The molecule has 1 aliphatic heterocycles. The third-order valence-electron chi connectivity index (χ3n) is 3.51. The maximum absolute atomic E-state index is 12.1. The molecule has 4 nitrogen and oxygen atoms in total. The van der Waals surface area contributed by atoms with Crippen LogP contribution < -0.4 is 11.1 Å². The Kier molecular flexibility index (Phi) is 3.82. The van der Waals surface area contributed by atoms with Crippen LogP contribution in [-0.4, -0.2) is 17.4 Å². The Labute approximate surface area is 128 Å². The normalized spacial score (nSPS) is 14.0. The molecule has 0 atom stereocenters. The summed E-state index contributed by atoms with van der Waals surface area (Å²) in [5.41, 5.74) is 9.75. The van der Waals surface area contributed by atoms with E-state index in [1.54, 1.807) is 24.3 Å². The minimum Gasteiger partial charge on any atom is -0.399 e. The number of nitrogen functional groups attached to an aromatic ring is 1. The standard InChI is InChI=1S/C16H16ClN3O/c17-13-2-5-15(6-3-13)19-16(21)10-20-8-11-1-4-14(18)7-12(11)9-20/h1-7H,8-10,18H2,(H,19,21). The van der Waals surface area contributed by atoms with Gasteiger partial charge < -0.3 is 11.1 Å². The van der Waals surface area contributed by atoms with Crippen LogP contribution in [0.3, 0.4) is 0 Å². The zero-order valence-electron chi connectivity index (χ0n) is 11.5. The van der Waals surface area contributed by atoms with Crippen molar-refractivity contribution in [2.75, 3.05) is 17.6 Å². The Balaban J connectivity index is 1.58. The lowest BCUT2D eigenvalue weighted by molar-refractivity contribution is -0.117. The second-order valence-electron chi connectivity index (χ2n) is 5.23. The number of carbonyl (C=O) groups excluding carboxylic acids is 1. The number of nitrogens with one attached hydrogen (secondary N) is 1. The average Bonchev–Trinajstić information content (AvgIpc) is 2.82. The van der Waals surface area contributed by atoms with E-state index in [0.29, 0.717) is 11.6 Å². The first kappa shape index (κ1) is 13.9. The topological polar surface area (TPSA) is 58.4 Å². The molecule has 1 amide bonds. The third-order valence-corrected chi connectivity index (χ3v) is 3.77. The number of nitrogens with two attached hydrogens (primary N) is 1. The number of halogens is 1. The molecule has 0 radical (unpaired) electrons. The average molecular weight is 302 g/mol. The molecule has 2 aromatic rings. The molecule has 0 aliphatic carbocycles. The number of hydrogen-bond donors (Lipinski definition) is 2. The molecule has 2 aromatic carbocycles. The molecular weight excluding hydrogens is 286 g/mol. The zero-order chi connectivity index (χ0) is 14.8. The van der Waals surface area contributed by atoms with Crippen molar-refractivity contribution < 1.29 is 4.79 Å². The van der Waals surface area contributed by atoms with Gasteiger partial charge in [-0.05, 0) is 47.5 Å². The van der Waals surface area contributed by atoms with Crippen LogP contribution >= 0.6 is 11.6 Å². The first-order chi connectivity index (χ1) is 10.1. The number of anilines is 2. The maximum Gasteiger partial charge on any atom is 0.238 e. The Bertz CT molecular complexity index is 670. The predicted molar refractivity (Wildman–Crippen MR) is 85.1 cm³/mol. The van der Waals surface area contributed by atoms with Crippen molar-refractivity contribution >= 4 is 28.9 Å². The van der Waals surface area contributed by atoms with Gasteiger partial charge in [-0.3, -0.25) is 9.69 Å². The molecule has 108 valence electrons. The molecule has 0 bridgehead atoms. The molecule has 3 N–H and O–H groups in total. The smallest absolute Gasteiger partial charge is 0.238 e. The van der Waals surface area contributed by atoms with Crippen molar-refractivity contribution in [2.45, 2.75) is 13.1 Å². The van der Waals surface area contributed by atoms with Crippen LogP contribution in [0, 0.1) is 0 Å². The van der Waals surface area contributed by atoms with Gasteiger partial charge in [0.05, 0.1) is 6.54 Å². The number of amides is 1. The predicted octanol–water partition coefficient (Wildman–Crippen LogP) is 2.88. The van der Waals surface area contributed by atoms with E-state index in [1.165, 1.54) is 11.1 Å². The number of nitrogens with zero attached hydrogens (tertiary/aromatic N) is 1. The van der Waals surface area contributed by atoms with Crippen LogP contribution in [0.15, 0.2) is 42.5 Å². The number of benzene rings is 2. The molecule has 0 unspecified atom stereocenters. The fourth-order valence-electron chi connectivity index (χ4n) is 2.53. The molecule has 0 fully saturated rings. The minimum absolute atomic E-state index is 0.0295. The summed E-state index contributed by atoms with van der Waals surface area (Å²) in [5.74, 6) is -0.0295. The van der Waals surface area contributed by atoms with E-state index in [-0.39, 0.29) is 5.91 Å². The van der Waals surface area contributed by atoms with Crippen molar-refractivity contribution in [3.05, 3.63) is 58.6 Å². The highest BCUT2D eigenvalue weighted by molar-refractivity contribution is 6.30. The first-order valence-corrected chi connectivity index (χ1v) is 7.13. The fraction of sp³-hybridized carbons (Fsp3) is 0.188. The van der Waals surface area contributed by atoms with Crippen LogP contribution in [0.1, 0.15) is 11.1 Å². The molecule has 0 aromatic heterocycles. The van der Waals surface area contributed by atoms with Crippen LogP contribution in [-0.2, 0) is 17.9 Å². The Morgan fingerprint density at radius 3 is 2.62 bits per heavy atom. The highest BCUT2D eigenvalue weighted by atomic mass is 35.5. The summed E-state index contributed by atoms with van der Waals surface area (Å²) in [6.07, 6.45) is 0. The van der Waals surface area contributed by atoms with E-state index in [2.05, 4.69) is 10.2 Å². The lowest BCUT2D eigenvalue weighted by Crippen LogP contribution is -2.29. The number of fused-ring (bicyclic) bond motifs is 1. The van der Waals surface area contributed by atoms with Gasteiger partial charge in [0, 0.05) is 29.5 Å². The maximum atomic E-state index is 12.1. The molecule has 0 saturated heterocycles. The molecular formula is C16H16ClN3O. The summed E-state index contributed by atoms with van der Waals surface area (Å²) in [4.78, 5) is 14.2. The van der Waals surface area contributed by atoms with E-state index in [9.17, 15) is 4.79 Å². The Morgan fingerprint density at radius 2 is 1.86 bits per heavy atom. The summed E-state index contributed by atoms with van der Waals surface area (Å²) in [7, 11) is 0. The largest absolute Gasteiger partial charge is 0.399 e. The SMILES string of the molecule is Nc1ccc2c(c1)CN(CC(=O)Nc1ccc(Cl)cc1)C2. The number of rotatable bonds is 3. The van der Waals surface area contributed by atoms with Crippen LogP contribution in [0.5, 0.6) is 0 Å². The van der Waals surface area contributed by atoms with Gasteiger partial charge in [-0.25, -0.2) is 0 Å². The van der Waals surface area contributed by atoms with Crippen LogP contribution in [0.25, 0.3) is 0 Å². The Hall–Kier alpha value is -2.04. The van der Waals surface area contributed by atoms with Gasteiger partial charge in [-0.15, -0.1) is 0 Å². The van der Waals surface area contributed by atoms with E-state index < -0.39 is 0 Å². The van der Waals surface area contributed by atoms with Crippen LogP contribution in [0.2, 0.25) is 5.02 Å². The summed E-state index contributed by atoms with van der Waals surface area (Å²) >= 11 is 5.82. The lowest BCUT2D eigenvalue weighted by Gasteiger charge is -2.14. The molecule has 3 rings (SSSR count). The van der Waals surface area contributed by atoms with Crippen molar-refractivity contribution in [3.63, 3.8) is 0 Å². The molecule has 5 heteroatoms. The van der Waals surface area contributed by atoms with Crippen LogP contribution in [0.4, 0.5) is 11.4 Å². The van der Waals surface area contributed by atoms with Crippen molar-refractivity contribution in [3.8, 4) is 0 Å². The Morgan fingerprint density at radius 1 is 1.14 bits per heavy atom. The van der Waals surface area contributed by atoms with E-state index in [4.69, 9.17) is 17.3 Å². The second kappa shape index (κ2) is 5.76. The minimum atomic E-state index is -0.0295. The first-order valence-electron chi connectivity index (χ1n) is 6.75. The fourth-order valence-corrected chi connectivity index (χ4v) is 2.66. The second-order valence-corrected chi connectivity index (χ2v) is 5.66. The van der Waals surface area contributed by atoms with E-state index in [1.807, 2.05) is 18.2 Å². The van der Waals surface area contributed by atoms with Gasteiger partial charge in [0.2, 0.25) is 5.91 Å². The molecule has 1 heterocycles. The van der Waals surface area contributed by atoms with Gasteiger partial charge >= 0.3 is 0 Å². The van der Waals surface area contributed by atoms with Crippen molar-refractivity contribution in [1.29, 1.82) is 0 Å². The van der Waals surface area contributed by atoms with E-state index >= 15 is 0 Å². The quantitative estimate of drug-likeness (QED) is 0.857. The summed E-state index contributed by atoms with van der Waals surface area (Å²) in [6.45, 7) is 1.90. The van der Waals surface area contributed by atoms with Crippen molar-refractivity contribution in [2.24, 2.45) is 0 Å². The third kappa shape index (κ3) is 3.35. The van der Waals surface area contributed by atoms with Gasteiger partial charge in [0.15, 0.2) is 0 Å². The lowest BCUT2D eigenvalue weighted by atomic mass is 10.1. The summed E-state index contributed by atoms with van der Waals surface area (Å²) in [6, 6.07) is 13.0. The van der Waals surface area contributed by atoms with Crippen molar-refractivity contribution in [1.82, 2.24) is 4.90 Å². The summed E-state index contributed by atoms with van der Waals surface area (Å²) in [5, 5.41) is 3.52. The zero-order valence-corrected chi connectivity index (χ0v) is 12.2. The number of carbonyl (C=O) groups is 1. The monoisotopic (exact) mass is 301 g/mol. The van der Waals surface area contributed by atoms with E-state index in [0.717, 1.165) is 24.5 Å². The van der Waals surface area contributed by atoms with Gasteiger partial charge in [-0.2, -0.15) is 0 Å². The summed E-state index contributed by atoms with van der Waals surface area (Å²) < 4.78 is 0. The molecule has 0 spiro atoms. The van der Waals surface area contributed by atoms with Gasteiger partial charge in [0.1, 0.15) is 0 Å². The molecule has 1 aliphatic rings.